The van der Waals surface area contributed by atoms with Gasteiger partial charge in [-0.2, -0.15) is 0 Å². The molecule has 0 unspecified atom stereocenters. The van der Waals surface area contributed by atoms with Gasteiger partial charge in [-0.15, -0.1) is 0 Å². The molecule has 0 saturated carbocycles. The van der Waals surface area contributed by atoms with Gasteiger partial charge >= 0.3 is 5.97 Å². The van der Waals surface area contributed by atoms with Crippen molar-refractivity contribution in [2.24, 2.45) is 5.92 Å². The summed E-state index contributed by atoms with van der Waals surface area (Å²) in [4.78, 5) is 24.1. The lowest BCUT2D eigenvalue weighted by Gasteiger charge is -2.33. The minimum atomic E-state index is -0.479. The van der Waals surface area contributed by atoms with Crippen LogP contribution in [0.4, 0.5) is 11.4 Å². The van der Waals surface area contributed by atoms with E-state index in [1.54, 1.807) is 13.0 Å². The average Bonchev–Trinajstić information content (AvgIpc) is 2.47. The maximum atomic E-state index is 11.8. The van der Waals surface area contributed by atoms with Gasteiger partial charge < -0.3 is 9.64 Å². The number of nitrogens with zero attached hydrogens (tertiary/aromatic N) is 2. The molecular formula is C14H17ClN2O4. The highest BCUT2D eigenvalue weighted by molar-refractivity contribution is 6.33. The molecule has 2 rings (SSSR count). The molecule has 6 nitrogen and oxygen atoms in total. The molecule has 0 aromatic heterocycles. The van der Waals surface area contributed by atoms with E-state index in [0.29, 0.717) is 18.2 Å². The molecule has 1 saturated heterocycles. The molecule has 1 atom stereocenters. The van der Waals surface area contributed by atoms with Gasteiger partial charge in [0, 0.05) is 25.2 Å². The van der Waals surface area contributed by atoms with Gasteiger partial charge in [0.25, 0.3) is 5.69 Å². The summed E-state index contributed by atoms with van der Waals surface area (Å²) in [6.45, 7) is 3.45. The lowest BCUT2D eigenvalue weighted by Crippen LogP contribution is -2.39. The van der Waals surface area contributed by atoms with Crippen LogP contribution in [0.15, 0.2) is 18.2 Å². The van der Waals surface area contributed by atoms with Gasteiger partial charge in [0.2, 0.25) is 0 Å². The molecule has 1 fully saturated rings. The SMILES string of the molecule is CCOC(=O)[C@H]1CCCN(c2ccc([N+](=O)[O-])cc2Cl)C1. The van der Waals surface area contributed by atoms with Crippen LogP contribution in [0, 0.1) is 16.0 Å². The van der Waals surface area contributed by atoms with E-state index in [2.05, 4.69) is 0 Å². The summed E-state index contributed by atoms with van der Waals surface area (Å²) in [5.74, 6) is -0.370. The molecule has 1 aromatic carbocycles. The molecule has 1 aliphatic heterocycles. The van der Waals surface area contributed by atoms with Gasteiger partial charge in [-0.05, 0) is 25.8 Å². The Morgan fingerprint density at radius 2 is 2.33 bits per heavy atom. The molecule has 0 spiro atoms. The van der Waals surface area contributed by atoms with Crippen LogP contribution >= 0.6 is 11.6 Å². The van der Waals surface area contributed by atoms with Crippen molar-refractivity contribution in [1.82, 2.24) is 0 Å². The van der Waals surface area contributed by atoms with E-state index in [9.17, 15) is 14.9 Å². The van der Waals surface area contributed by atoms with Crippen molar-refractivity contribution >= 4 is 28.9 Å². The highest BCUT2D eigenvalue weighted by atomic mass is 35.5. The number of benzene rings is 1. The van der Waals surface area contributed by atoms with Crippen LogP contribution in [0.1, 0.15) is 19.8 Å². The third-order valence-corrected chi connectivity index (χ3v) is 3.83. The zero-order valence-corrected chi connectivity index (χ0v) is 12.5. The Bertz CT molecular complexity index is 550. The van der Waals surface area contributed by atoms with Gasteiger partial charge in [0.15, 0.2) is 0 Å². The van der Waals surface area contributed by atoms with E-state index >= 15 is 0 Å². The summed E-state index contributed by atoms with van der Waals surface area (Å²) in [6.07, 6.45) is 1.65. The molecule has 1 aliphatic rings. The second kappa shape index (κ2) is 6.76. The van der Waals surface area contributed by atoms with Crippen LogP contribution < -0.4 is 4.90 Å². The topological polar surface area (TPSA) is 72.7 Å². The number of nitro benzene ring substituents is 1. The Morgan fingerprint density at radius 3 is 2.95 bits per heavy atom. The van der Waals surface area contributed by atoms with Gasteiger partial charge in [-0.25, -0.2) is 0 Å². The van der Waals surface area contributed by atoms with Crippen molar-refractivity contribution in [3.63, 3.8) is 0 Å². The maximum absolute atomic E-state index is 11.8. The normalized spacial score (nSPS) is 18.4. The molecule has 7 heteroatoms. The number of hydrogen-bond acceptors (Lipinski definition) is 5. The zero-order valence-electron chi connectivity index (χ0n) is 11.8. The molecule has 0 amide bonds. The summed E-state index contributed by atoms with van der Waals surface area (Å²) >= 11 is 6.13. The third kappa shape index (κ3) is 3.64. The quantitative estimate of drug-likeness (QED) is 0.485. The number of ether oxygens (including phenoxy) is 1. The van der Waals surface area contributed by atoms with Crippen molar-refractivity contribution in [3.05, 3.63) is 33.3 Å². The Kier molecular flexibility index (Phi) is 5.01. The van der Waals surface area contributed by atoms with E-state index in [1.165, 1.54) is 12.1 Å². The number of esters is 1. The Balaban J connectivity index is 2.14. The standard InChI is InChI=1S/C14H17ClN2O4/c1-2-21-14(18)10-4-3-7-16(9-10)13-6-5-11(17(19)20)8-12(13)15/h5-6,8,10H,2-4,7,9H2,1H3/t10-/m0/s1. The molecule has 114 valence electrons. The lowest BCUT2D eigenvalue weighted by molar-refractivity contribution is -0.384. The van der Waals surface area contributed by atoms with Crippen molar-refractivity contribution in [1.29, 1.82) is 0 Å². The van der Waals surface area contributed by atoms with E-state index in [1.807, 2.05) is 4.90 Å². The lowest BCUT2D eigenvalue weighted by atomic mass is 9.97. The molecule has 0 bridgehead atoms. The molecule has 1 heterocycles. The Labute approximate surface area is 127 Å². The van der Waals surface area contributed by atoms with Crippen molar-refractivity contribution in [3.8, 4) is 0 Å². The Morgan fingerprint density at radius 1 is 1.57 bits per heavy atom. The van der Waals surface area contributed by atoms with Gasteiger partial charge in [-0.3, -0.25) is 14.9 Å². The monoisotopic (exact) mass is 312 g/mol. The summed E-state index contributed by atoms with van der Waals surface area (Å²) in [6, 6.07) is 4.40. The first kappa shape index (κ1) is 15.6. The summed E-state index contributed by atoms with van der Waals surface area (Å²) in [5.41, 5.74) is 0.680. The summed E-state index contributed by atoms with van der Waals surface area (Å²) in [7, 11) is 0. The van der Waals surface area contributed by atoms with Crippen LogP contribution in [0.25, 0.3) is 0 Å². The van der Waals surface area contributed by atoms with Crippen LogP contribution in [0.3, 0.4) is 0 Å². The first-order valence-electron chi connectivity index (χ1n) is 6.88. The number of non-ortho nitro benzene ring substituents is 1. The fourth-order valence-corrected chi connectivity index (χ4v) is 2.81. The molecule has 0 N–H and O–H groups in total. The summed E-state index contributed by atoms with van der Waals surface area (Å²) < 4.78 is 5.06. The van der Waals surface area contributed by atoms with Gasteiger partial charge in [0.05, 0.1) is 28.2 Å². The third-order valence-electron chi connectivity index (χ3n) is 3.52. The van der Waals surface area contributed by atoms with Crippen LogP contribution in [-0.4, -0.2) is 30.6 Å². The van der Waals surface area contributed by atoms with Crippen LogP contribution in [0.5, 0.6) is 0 Å². The highest BCUT2D eigenvalue weighted by Crippen LogP contribution is 2.32. The van der Waals surface area contributed by atoms with E-state index in [4.69, 9.17) is 16.3 Å². The second-order valence-corrected chi connectivity index (χ2v) is 5.34. The maximum Gasteiger partial charge on any atom is 0.310 e. The first-order valence-corrected chi connectivity index (χ1v) is 7.26. The number of nitro groups is 1. The number of rotatable bonds is 4. The number of carbonyl (C=O) groups excluding carboxylic acids is 1. The molecular weight excluding hydrogens is 296 g/mol. The minimum absolute atomic E-state index is 0.0392. The molecule has 0 radical (unpaired) electrons. The summed E-state index contributed by atoms with van der Waals surface area (Å²) in [5, 5.41) is 11.1. The largest absolute Gasteiger partial charge is 0.466 e. The fourth-order valence-electron chi connectivity index (χ4n) is 2.51. The van der Waals surface area contributed by atoms with E-state index in [0.717, 1.165) is 25.1 Å². The highest BCUT2D eigenvalue weighted by Gasteiger charge is 2.28. The number of halogens is 1. The Hall–Kier alpha value is -1.82. The number of carbonyl (C=O) groups is 1. The molecule has 21 heavy (non-hydrogen) atoms. The minimum Gasteiger partial charge on any atom is -0.466 e. The number of anilines is 1. The van der Waals surface area contributed by atoms with Crippen LogP contribution in [0.2, 0.25) is 5.02 Å². The van der Waals surface area contributed by atoms with Gasteiger partial charge in [-0.1, -0.05) is 11.6 Å². The van der Waals surface area contributed by atoms with Crippen molar-refractivity contribution in [2.75, 3.05) is 24.6 Å². The fraction of sp³-hybridized carbons (Fsp3) is 0.500. The van der Waals surface area contributed by atoms with Gasteiger partial charge in [0.1, 0.15) is 0 Å². The van der Waals surface area contributed by atoms with Crippen molar-refractivity contribution < 1.29 is 14.5 Å². The van der Waals surface area contributed by atoms with E-state index in [-0.39, 0.29) is 17.6 Å². The van der Waals surface area contributed by atoms with Crippen molar-refractivity contribution in [2.45, 2.75) is 19.8 Å². The smallest absolute Gasteiger partial charge is 0.310 e. The molecule has 1 aromatic rings. The predicted molar refractivity (Wildman–Crippen MR) is 79.7 cm³/mol. The van der Waals surface area contributed by atoms with E-state index < -0.39 is 4.92 Å². The number of hydrogen-bond donors (Lipinski definition) is 0. The van der Waals surface area contributed by atoms with Crippen LogP contribution in [-0.2, 0) is 9.53 Å². The second-order valence-electron chi connectivity index (χ2n) is 4.93. The predicted octanol–water partition coefficient (Wildman–Crippen LogP) is 3.03. The average molecular weight is 313 g/mol. The molecule has 0 aliphatic carbocycles. The zero-order chi connectivity index (χ0) is 15.4. The number of piperidine rings is 1. The first-order chi connectivity index (χ1) is 10.0.